The van der Waals surface area contributed by atoms with Crippen LogP contribution in [-0.2, 0) is 26.0 Å². The van der Waals surface area contributed by atoms with Crippen LogP contribution in [0.1, 0.15) is 12.0 Å². The Labute approximate surface area is 118 Å². The first-order valence-electron chi connectivity index (χ1n) is 5.32. The average molecular weight is 327 g/mol. The van der Waals surface area contributed by atoms with E-state index in [2.05, 4.69) is 9.44 Å². The maximum Gasteiger partial charge on any atom is 0.250 e. The van der Waals surface area contributed by atoms with E-state index < -0.39 is 21.3 Å². The fraction of sp³-hybridized carbons (Fsp3) is 0.556. The highest BCUT2D eigenvalue weighted by Gasteiger charge is 2.19. The number of methoxy groups -OCH3 is 1. The predicted octanol–water partition coefficient (Wildman–Crippen LogP) is 0.577. The Hall–Kier alpha value is -0.520. The lowest BCUT2D eigenvalue weighted by Crippen LogP contribution is -2.25. The van der Waals surface area contributed by atoms with E-state index in [1.807, 2.05) is 0 Å². The van der Waals surface area contributed by atoms with E-state index >= 15 is 0 Å². The summed E-state index contributed by atoms with van der Waals surface area (Å²) in [7, 11) is -2.07. The molecule has 19 heavy (non-hydrogen) atoms. The summed E-state index contributed by atoms with van der Waals surface area (Å²) < 4.78 is 54.5. The number of rotatable bonds is 8. The zero-order valence-electron chi connectivity index (χ0n) is 10.5. The van der Waals surface area contributed by atoms with Crippen molar-refractivity contribution in [1.29, 1.82) is 0 Å². The summed E-state index contributed by atoms with van der Waals surface area (Å²) in [6.07, 6.45) is 0.565. The lowest BCUT2D eigenvalue weighted by Gasteiger charge is -2.06. The van der Waals surface area contributed by atoms with Gasteiger partial charge in [-0.15, -0.1) is 11.3 Å². The Balaban J connectivity index is 2.77. The number of thiophene rings is 1. The molecule has 0 radical (unpaired) electrons. The molecule has 10 heteroatoms. The van der Waals surface area contributed by atoms with Gasteiger partial charge in [0.15, 0.2) is 0 Å². The normalized spacial score (nSPS) is 13.4. The molecule has 1 aromatic heterocycles. The van der Waals surface area contributed by atoms with Crippen LogP contribution in [0.5, 0.6) is 0 Å². The second-order valence-corrected chi connectivity index (χ2v) is 7.35. The highest BCUT2D eigenvalue weighted by molar-refractivity contribution is 7.91. The predicted molar refractivity (Wildman–Crippen MR) is 73.3 cm³/mol. The summed E-state index contributed by atoms with van der Waals surface area (Å²) in [5.41, 5.74) is 0.497. The van der Waals surface area contributed by atoms with Crippen LogP contribution in [0.4, 0.5) is 5.00 Å². The summed E-state index contributed by atoms with van der Waals surface area (Å²) in [6.45, 7) is 2.34. The molecule has 0 saturated carbocycles. The van der Waals surface area contributed by atoms with Crippen LogP contribution >= 0.6 is 11.3 Å². The minimum absolute atomic E-state index is 0.109. The van der Waals surface area contributed by atoms with Gasteiger partial charge in [0.05, 0.1) is 0 Å². The summed E-state index contributed by atoms with van der Waals surface area (Å²) >= 11 is -1.59. The van der Waals surface area contributed by atoms with Gasteiger partial charge in [0.2, 0.25) is 10.0 Å². The zero-order chi connectivity index (χ0) is 14.5. The van der Waals surface area contributed by atoms with Gasteiger partial charge in [-0.25, -0.2) is 13.1 Å². The first-order valence-corrected chi connectivity index (χ1v) is 8.69. The van der Waals surface area contributed by atoms with Crippen molar-refractivity contribution in [2.24, 2.45) is 0 Å². The quantitative estimate of drug-likeness (QED) is 0.536. The molecule has 1 aromatic rings. The van der Waals surface area contributed by atoms with Crippen molar-refractivity contribution in [3.05, 3.63) is 11.6 Å². The average Bonchev–Trinajstić information content (AvgIpc) is 2.65. The van der Waals surface area contributed by atoms with Crippen molar-refractivity contribution < 1.29 is 21.9 Å². The molecule has 110 valence electrons. The molecule has 7 nitrogen and oxygen atoms in total. The standard InChI is InChI=1S/C9H16N2O5S3/c1-7-6-8(11-18(12)13)17-9(7)19(14,15)10-4-3-5-16-2/h6,10-11H,3-5H2,1-2H3,(H,12,13)/p-1. The SMILES string of the molecule is COCCCNS(=O)(=O)c1sc(NS(=O)[O-])cc1C. The molecule has 2 N–H and O–H groups in total. The second kappa shape index (κ2) is 7.31. The van der Waals surface area contributed by atoms with Gasteiger partial charge < -0.3 is 14.0 Å². The van der Waals surface area contributed by atoms with Gasteiger partial charge in [-0.1, -0.05) is 0 Å². The molecular weight excluding hydrogens is 312 g/mol. The van der Waals surface area contributed by atoms with Gasteiger partial charge in [0.1, 0.15) is 9.21 Å². The summed E-state index contributed by atoms with van der Waals surface area (Å²) in [4.78, 5) is 0. The van der Waals surface area contributed by atoms with Gasteiger partial charge in [-0.3, -0.25) is 4.21 Å². The number of nitrogens with one attached hydrogen (secondary N) is 2. The number of ether oxygens (including phenoxy) is 1. The lowest BCUT2D eigenvalue weighted by atomic mass is 10.4. The first kappa shape index (κ1) is 16.5. The van der Waals surface area contributed by atoms with Crippen LogP contribution in [0.3, 0.4) is 0 Å². The van der Waals surface area contributed by atoms with Crippen LogP contribution in [0.2, 0.25) is 0 Å². The molecule has 0 saturated heterocycles. The third-order valence-corrected chi connectivity index (χ3v) is 5.88. The van der Waals surface area contributed by atoms with Crippen molar-refractivity contribution in [2.45, 2.75) is 17.6 Å². The van der Waals surface area contributed by atoms with Gasteiger partial charge >= 0.3 is 0 Å². The largest absolute Gasteiger partial charge is 0.755 e. The first-order chi connectivity index (χ1) is 8.86. The zero-order valence-corrected chi connectivity index (χ0v) is 12.9. The maximum atomic E-state index is 12.0. The topological polar surface area (TPSA) is 108 Å². The lowest BCUT2D eigenvalue weighted by molar-refractivity contribution is 0.196. The third kappa shape index (κ3) is 5.16. The minimum atomic E-state index is -3.61. The fourth-order valence-corrected chi connectivity index (χ4v) is 4.51. The highest BCUT2D eigenvalue weighted by atomic mass is 32.2. The molecule has 1 atom stereocenters. The molecule has 1 rings (SSSR count). The minimum Gasteiger partial charge on any atom is -0.755 e. The second-order valence-electron chi connectivity index (χ2n) is 3.66. The molecule has 1 unspecified atom stereocenters. The number of sulfonamides is 1. The van der Waals surface area contributed by atoms with E-state index in [1.54, 1.807) is 14.0 Å². The van der Waals surface area contributed by atoms with Crippen LogP contribution in [0.15, 0.2) is 10.3 Å². The molecule has 0 spiro atoms. The summed E-state index contributed by atoms with van der Waals surface area (Å²) in [5.74, 6) is 0. The van der Waals surface area contributed by atoms with Crippen molar-refractivity contribution in [1.82, 2.24) is 4.72 Å². The van der Waals surface area contributed by atoms with E-state index in [-0.39, 0.29) is 15.8 Å². The molecule has 0 aromatic carbocycles. The van der Waals surface area contributed by atoms with Gasteiger partial charge in [-0.2, -0.15) is 0 Å². The van der Waals surface area contributed by atoms with E-state index in [0.717, 1.165) is 11.3 Å². The van der Waals surface area contributed by atoms with Gasteiger partial charge in [-0.05, 0) is 25.0 Å². The Morgan fingerprint density at radius 2 is 2.21 bits per heavy atom. The Morgan fingerprint density at radius 1 is 1.53 bits per heavy atom. The van der Waals surface area contributed by atoms with Crippen LogP contribution in [0, 0.1) is 6.92 Å². The molecular formula is C9H15N2O5S3-. The van der Waals surface area contributed by atoms with Crippen LogP contribution in [-0.4, -0.2) is 37.4 Å². The Morgan fingerprint density at radius 3 is 2.79 bits per heavy atom. The molecule has 0 bridgehead atoms. The molecule has 0 amide bonds. The van der Waals surface area contributed by atoms with Crippen LogP contribution < -0.4 is 9.44 Å². The van der Waals surface area contributed by atoms with E-state index in [1.165, 1.54) is 6.07 Å². The summed E-state index contributed by atoms with van der Waals surface area (Å²) in [6, 6.07) is 1.48. The molecule has 0 aliphatic carbocycles. The van der Waals surface area contributed by atoms with Crippen molar-refractivity contribution in [2.75, 3.05) is 25.0 Å². The molecule has 0 aliphatic rings. The van der Waals surface area contributed by atoms with Crippen molar-refractivity contribution >= 4 is 37.6 Å². The van der Waals surface area contributed by atoms with Gasteiger partial charge in [0.25, 0.3) is 0 Å². The van der Waals surface area contributed by atoms with E-state index in [9.17, 15) is 17.2 Å². The number of anilines is 1. The highest BCUT2D eigenvalue weighted by Crippen LogP contribution is 2.30. The Bertz CT molecular complexity index is 540. The Kier molecular flexibility index (Phi) is 6.36. The third-order valence-electron chi connectivity index (χ3n) is 2.12. The van der Waals surface area contributed by atoms with Gasteiger partial charge in [0, 0.05) is 31.5 Å². The van der Waals surface area contributed by atoms with E-state index in [0.29, 0.717) is 18.6 Å². The smallest absolute Gasteiger partial charge is 0.250 e. The van der Waals surface area contributed by atoms with Crippen molar-refractivity contribution in [3.8, 4) is 0 Å². The maximum absolute atomic E-state index is 12.0. The fourth-order valence-electron chi connectivity index (χ4n) is 1.35. The molecule has 0 aliphatic heterocycles. The number of aryl methyl sites for hydroxylation is 1. The summed E-state index contributed by atoms with van der Waals surface area (Å²) in [5, 5.41) is 0.267. The molecule has 1 heterocycles. The number of hydrogen-bond acceptors (Lipinski definition) is 6. The molecule has 0 fully saturated rings. The monoisotopic (exact) mass is 327 g/mol. The van der Waals surface area contributed by atoms with Crippen molar-refractivity contribution in [3.63, 3.8) is 0 Å². The number of hydrogen-bond donors (Lipinski definition) is 2. The van der Waals surface area contributed by atoms with Crippen LogP contribution in [0.25, 0.3) is 0 Å². The van der Waals surface area contributed by atoms with E-state index in [4.69, 9.17) is 4.74 Å².